The van der Waals surface area contributed by atoms with Crippen LogP contribution in [0.15, 0.2) is 29.3 Å². The Bertz CT molecular complexity index is 1220. The molecule has 5 rings (SSSR count). The van der Waals surface area contributed by atoms with E-state index in [1.54, 1.807) is 29.0 Å². The number of H-pyrrole nitrogens is 1. The fourth-order valence-electron chi connectivity index (χ4n) is 4.47. The molecule has 162 valence electrons. The minimum absolute atomic E-state index is 0.0723. The lowest BCUT2D eigenvalue weighted by atomic mass is 10.2. The van der Waals surface area contributed by atoms with Crippen molar-refractivity contribution in [1.82, 2.24) is 29.8 Å². The number of anilines is 1. The zero-order valence-corrected chi connectivity index (χ0v) is 17.4. The van der Waals surface area contributed by atoms with Crippen LogP contribution in [0.2, 0.25) is 0 Å². The molecule has 2 fully saturated rings. The molecule has 0 spiro atoms. The van der Waals surface area contributed by atoms with E-state index in [-0.39, 0.29) is 17.3 Å². The molecule has 1 saturated heterocycles. The quantitative estimate of drug-likeness (QED) is 0.591. The summed E-state index contributed by atoms with van der Waals surface area (Å²) in [6, 6.07) is 3.71. The summed E-state index contributed by atoms with van der Waals surface area (Å²) < 4.78 is 16.3. The van der Waals surface area contributed by atoms with Gasteiger partial charge in [0.05, 0.1) is 11.9 Å². The summed E-state index contributed by atoms with van der Waals surface area (Å²) in [4.78, 5) is 35.1. The second-order valence-electron chi connectivity index (χ2n) is 8.04. The Labute approximate surface area is 177 Å². The standard InChI is InChI=1S/C21H24FN7O2/c1-3-12-11-29-19(26-20(12)30)13(9-24-29)10-27-6-7-28(17-8-16(17)27)15-5-4-14(21(31)23-2)25-18(15)22/h4-5,9,11,16-17H,3,6-8,10H2,1-2H3,(H,23,31)(H,26,30). The van der Waals surface area contributed by atoms with Crippen LogP contribution in [0, 0.1) is 5.95 Å². The molecule has 0 radical (unpaired) electrons. The number of aromatic amines is 1. The molecule has 2 atom stereocenters. The van der Waals surface area contributed by atoms with Crippen molar-refractivity contribution in [2.75, 3.05) is 25.0 Å². The predicted octanol–water partition coefficient (Wildman–Crippen LogP) is 0.942. The van der Waals surface area contributed by atoms with Gasteiger partial charge in [0.2, 0.25) is 5.95 Å². The molecular weight excluding hydrogens is 401 g/mol. The normalized spacial score (nSPS) is 20.7. The maximum Gasteiger partial charge on any atom is 0.269 e. The first-order valence-corrected chi connectivity index (χ1v) is 10.5. The molecule has 1 saturated carbocycles. The summed E-state index contributed by atoms with van der Waals surface area (Å²) in [5.74, 6) is -1.02. The first kappa shape index (κ1) is 19.7. The van der Waals surface area contributed by atoms with E-state index in [0.717, 1.165) is 24.2 Å². The zero-order valence-electron chi connectivity index (χ0n) is 17.4. The number of aromatic nitrogens is 4. The monoisotopic (exact) mass is 425 g/mol. The minimum Gasteiger partial charge on any atom is -0.362 e. The van der Waals surface area contributed by atoms with Gasteiger partial charge in [0.25, 0.3) is 11.5 Å². The van der Waals surface area contributed by atoms with Gasteiger partial charge in [0, 0.05) is 56.1 Å². The van der Waals surface area contributed by atoms with E-state index >= 15 is 0 Å². The molecule has 2 aliphatic rings. The van der Waals surface area contributed by atoms with Crippen molar-refractivity contribution in [2.45, 2.75) is 38.4 Å². The lowest BCUT2D eigenvalue weighted by molar-refractivity contribution is 0.0957. The molecule has 2 unspecified atom stereocenters. The molecular formula is C21H24FN7O2. The van der Waals surface area contributed by atoms with Gasteiger partial charge in [-0.25, -0.2) is 9.50 Å². The van der Waals surface area contributed by atoms with Crippen molar-refractivity contribution >= 4 is 17.2 Å². The van der Waals surface area contributed by atoms with Crippen LogP contribution in [0.25, 0.3) is 5.65 Å². The maximum atomic E-state index is 14.6. The van der Waals surface area contributed by atoms with Gasteiger partial charge >= 0.3 is 0 Å². The van der Waals surface area contributed by atoms with E-state index in [2.05, 4.69) is 25.3 Å². The van der Waals surface area contributed by atoms with Crippen molar-refractivity contribution in [1.29, 1.82) is 0 Å². The van der Waals surface area contributed by atoms with E-state index in [4.69, 9.17) is 0 Å². The number of hydrogen-bond donors (Lipinski definition) is 2. The number of carbonyl (C=O) groups is 1. The first-order valence-electron chi connectivity index (χ1n) is 10.5. The number of halogens is 1. The van der Waals surface area contributed by atoms with Crippen LogP contribution in [-0.2, 0) is 13.0 Å². The zero-order chi connectivity index (χ0) is 21.7. The SMILES string of the molecule is CCc1cn2ncc(CN3CCN(c4ccc(C(=O)NC)nc4F)C4CC43)c2[nH]c1=O. The average molecular weight is 425 g/mol. The van der Waals surface area contributed by atoms with E-state index < -0.39 is 11.9 Å². The number of amides is 1. The molecule has 1 aliphatic heterocycles. The maximum absolute atomic E-state index is 14.6. The topological polar surface area (TPSA) is 98.6 Å². The van der Waals surface area contributed by atoms with E-state index in [1.807, 2.05) is 11.8 Å². The summed E-state index contributed by atoms with van der Waals surface area (Å²) in [6.45, 7) is 4.04. The van der Waals surface area contributed by atoms with E-state index in [1.165, 1.54) is 7.05 Å². The molecule has 1 amide bonds. The Kier molecular flexibility index (Phi) is 4.73. The summed E-state index contributed by atoms with van der Waals surface area (Å²) >= 11 is 0. The van der Waals surface area contributed by atoms with Crippen molar-refractivity contribution in [2.24, 2.45) is 0 Å². The molecule has 9 nitrogen and oxygen atoms in total. The van der Waals surface area contributed by atoms with Gasteiger partial charge in [0.15, 0.2) is 0 Å². The third-order valence-electron chi connectivity index (χ3n) is 6.25. The summed E-state index contributed by atoms with van der Waals surface area (Å²) in [6.07, 6.45) is 5.18. The van der Waals surface area contributed by atoms with E-state index in [9.17, 15) is 14.0 Å². The minimum atomic E-state index is -0.618. The molecule has 2 N–H and O–H groups in total. The molecule has 3 aromatic rings. The fraction of sp³-hybridized carbons (Fsp3) is 0.429. The second kappa shape index (κ2) is 7.45. The van der Waals surface area contributed by atoms with Gasteiger partial charge in [-0.1, -0.05) is 6.92 Å². The summed E-state index contributed by atoms with van der Waals surface area (Å²) in [5, 5.41) is 6.85. The van der Waals surface area contributed by atoms with Gasteiger partial charge in [0.1, 0.15) is 11.3 Å². The average Bonchev–Trinajstić information content (AvgIpc) is 3.50. The van der Waals surface area contributed by atoms with Crippen LogP contribution in [0.1, 0.15) is 35.0 Å². The van der Waals surface area contributed by atoms with Gasteiger partial charge in [-0.05, 0) is 25.0 Å². The number of aryl methyl sites for hydroxylation is 1. The molecule has 10 heteroatoms. The molecule has 3 aromatic heterocycles. The Morgan fingerprint density at radius 3 is 2.87 bits per heavy atom. The highest BCUT2D eigenvalue weighted by molar-refractivity contribution is 5.92. The predicted molar refractivity (Wildman–Crippen MR) is 113 cm³/mol. The Morgan fingerprint density at radius 1 is 1.29 bits per heavy atom. The highest BCUT2D eigenvalue weighted by Gasteiger charge is 2.49. The first-order chi connectivity index (χ1) is 15.0. The van der Waals surface area contributed by atoms with Crippen LogP contribution >= 0.6 is 0 Å². The van der Waals surface area contributed by atoms with Gasteiger partial charge in [-0.2, -0.15) is 9.49 Å². The van der Waals surface area contributed by atoms with Gasteiger partial charge in [-0.3, -0.25) is 14.5 Å². The van der Waals surface area contributed by atoms with Crippen LogP contribution < -0.4 is 15.8 Å². The van der Waals surface area contributed by atoms with E-state index in [0.29, 0.717) is 36.8 Å². The summed E-state index contributed by atoms with van der Waals surface area (Å²) in [7, 11) is 1.49. The van der Waals surface area contributed by atoms with Gasteiger partial charge < -0.3 is 15.2 Å². The third-order valence-corrected chi connectivity index (χ3v) is 6.25. The highest BCUT2D eigenvalue weighted by atomic mass is 19.1. The van der Waals surface area contributed by atoms with Crippen LogP contribution in [0.3, 0.4) is 0 Å². The van der Waals surface area contributed by atoms with Crippen molar-refractivity contribution < 1.29 is 9.18 Å². The molecule has 0 bridgehead atoms. The smallest absolute Gasteiger partial charge is 0.269 e. The van der Waals surface area contributed by atoms with Crippen molar-refractivity contribution in [3.63, 3.8) is 0 Å². The Hall–Kier alpha value is -3.27. The van der Waals surface area contributed by atoms with Gasteiger partial charge in [-0.15, -0.1) is 0 Å². The third kappa shape index (κ3) is 3.36. The van der Waals surface area contributed by atoms with Crippen LogP contribution in [0.4, 0.5) is 10.1 Å². The second-order valence-corrected chi connectivity index (χ2v) is 8.04. The number of nitrogens with one attached hydrogen (secondary N) is 2. The number of piperazine rings is 1. The molecule has 1 aliphatic carbocycles. The number of pyridine rings is 1. The largest absolute Gasteiger partial charge is 0.362 e. The van der Waals surface area contributed by atoms with Crippen molar-refractivity contribution in [3.05, 3.63) is 57.6 Å². The Morgan fingerprint density at radius 2 is 2.13 bits per heavy atom. The lowest BCUT2D eigenvalue weighted by Gasteiger charge is -2.35. The number of fused-ring (bicyclic) bond motifs is 2. The lowest BCUT2D eigenvalue weighted by Crippen LogP contribution is -2.46. The number of rotatable bonds is 5. The highest BCUT2D eigenvalue weighted by Crippen LogP contribution is 2.40. The van der Waals surface area contributed by atoms with Crippen LogP contribution in [-0.4, -0.2) is 62.6 Å². The number of carbonyl (C=O) groups excluding carboxylic acids is 1. The fourth-order valence-corrected chi connectivity index (χ4v) is 4.47. The van der Waals surface area contributed by atoms with Crippen molar-refractivity contribution in [3.8, 4) is 0 Å². The number of nitrogens with zero attached hydrogens (tertiary/aromatic N) is 5. The molecule has 4 heterocycles. The van der Waals surface area contributed by atoms with Crippen LogP contribution in [0.5, 0.6) is 0 Å². The molecule has 31 heavy (non-hydrogen) atoms. The number of hydrogen-bond acceptors (Lipinski definition) is 6. The molecule has 0 aromatic carbocycles. The summed E-state index contributed by atoms with van der Waals surface area (Å²) in [5.41, 5.74) is 2.84. The Balaban J connectivity index is 1.32.